The Balaban J connectivity index is 2.33. The Morgan fingerprint density at radius 2 is 0.960 bits per heavy atom. The van der Waals surface area contributed by atoms with Crippen LogP contribution in [0.25, 0.3) is 11.1 Å². The first-order valence-corrected chi connectivity index (χ1v) is 14.8. The highest BCUT2D eigenvalue weighted by Crippen LogP contribution is 2.64. The second-order valence-electron chi connectivity index (χ2n) is 7.39. The van der Waals surface area contributed by atoms with Crippen LogP contribution in [0.5, 0.6) is 0 Å². The molecule has 1 heterocycles. The summed E-state index contributed by atoms with van der Waals surface area (Å²) in [6.07, 6.45) is 9.74. The summed E-state index contributed by atoms with van der Waals surface area (Å²) in [6.45, 7) is 9.78. The predicted molar refractivity (Wildman–Crippen MR) is 122 cm³/mol. The Labute approximate surface area is 156 Å². The first-order valence-electron chi connectivity index (χ1n) is 10.1. The highest BCUT2D eigenvalue weighted by Gasteiger charge is 2.45. The van der Waals surface area contributed by atoms with Crippen molar-refractivity contribution in [1.29, 1.82) is 0 Å². The lowest BCUT2D eigenvalue weighted by atomic mass is 10.1. The third-order valence-electron chi connectivity index (χ3n) is 6.71. The largest absolute Gasteiger partial charge is 0.102 e. The average Bonchev–Trinajstić information content (AvgIpc) is 2.73. The van der Waals surface area contributed by atoms with Crippen molar-refractivity contribution in [3.05, 3.63) is 48.5 Å². The molecular formula is C23H34P2+2. The Bertz CT molecular complexity index is 650. The average molecular weight is 372 g/mol. The first kappa shape index (κ1) is 19.1. The molecule has 0 saturated heterocycles. The summed E-state index contributed by atoms with van der Waals surface area (Å²) in [4.78, 5) is 0. The van der Waals surface area contributed by atoms with Crippen LogP contribution < -0.4 is 10.6 Å². The molecule has 0 N–H and O–H groups in total. The van der Waals surface area contributed by atoms with E-state index < -0.39 is 14.5 Å². The van der Waals surface area contributed by atoms with E-state index in [0.29, 0.717) is 0 Å². The van der Waals surface area contributed by atoms with Crippen LogP contribution in [0.3, 0.4) is 0 Å². The fourth-order valence-electron chi connectivity index (χ4n) is 4.91. The normalized spacial score (nSPS) is 18.4. The highest BCUT2D eigenvalue weighted by molar-refractivity contribution is 7.84. The third-order valence-corrected chi connectivity index (χ3v) is 16.7. The zero-order valence-electron chi connectivity index (χ0n) is 16.5. The van der Waals surface area contributed by atoms with Crippen molar-refractivity contribution >= 4 is 25.1 Å². The van der Waals surface area contributed by atoms with Crippen molar-refractivity contribution in [3.63, 3.8) is 0 Å². The van der Waals surface area contributed by atoms with E-state index in [4.69, 9.17) is 0 Å². The van der Waals surface area contributed by atoms with E-state index >= 15 is 0 Å². The molecule has 0 unspecified atom stereocenters. The summed E-state index contributed by atoms with van der Waals surface area (Å²) in [5.74, 6) is 0. The predicted octanol–water partition coefficient (Wildman–Crippen LogP) is 6.12. The van der Waals surface area contributed by atoms with Gasteiger partial charge in [-0.15, -0.1) is 0 Å². The van der Waals surface area contributed by atoms with Crippen LogP contribution in [0.4, 0.5) is 0 Å². The van der Waals surface area contributed by atoms with Gasteiger partial charge in [0.25, 0.3) is 0 Å². The van der Waals surface area contributed by atoms with Gasteiger partial charge >= 0.3 is 0 Å². The van der Waals surface area contributed by atoms with Crippen LogP contribution in [0.2, 0.25) is 0 Å². The Kier molecular flexibility index (Phi) is 6.03. The molecule has 0 bridgehead atoms. The van der Waals surface area contributed by atoms with Gasteiger partial charge < -0.3 is 0 Å². The molecule has 0 amide bonds. The van der Waals surface area contributed by atoms with Crippen LogP contribution in [-0.2, 0) is 0 Å². The highest BCUT2D eigenvalue weighted by atomic mass is 31.2. The lowest BCUT2D eigenvalue weighted by Crippen LogP contribution is -2.22. The van der Waals surface area contributed by atoms with Gasteiger partial charge in [-0.1, -0.05) is 36.4 Å². The van der Waals surface area contributed by atoms with Crippen LogP contribution >= 0.6 is 14.5 Å². The molecule has 0 spiro atoms. The van der Waals surface area contributed by atoms with Gasteiger partial charge in [0.15, 0.2) is 0 Å². The summed E-state index contributed by atoms with van der Waals surface area (Å²) in [5, 5.41) is 3.42. The molecule has 2 aromatic rings. The van der Waals surface area contributed by atoms with Crippen LogP contribution in [-0.4, -0.2) is 37.0 Å². The molecular weight excluding hydrogens is 338 g/mol. The zero-order valence-corrected chi connectivity index (χ0v) is 18.3. The molecule has 134 valence electrons. The fourth-order valence-corrected chi connectivity index (χ4v) is 12.9. The number of rotatable bonds is 4. The van der Waals surface area contributed by atoms with Crippen molar-refractivity contribution in [1.82, 2.24) is 0 Å². The summed E-state index contributed by atoms with van der Waals surface area (Å²) < 4.78 is 0. The minimum absolute atomic E-state index is 1.06. The lowest BCUT2D eigenvalue weighted by Gasteiger charge is -2.26. The van der Waals surface area contributed by atoms with Crippen molar-refractivity contribution in [2.75, 3.05) is 37.0 Å². The minimum atomic E-state index is -1.06. The molecule has 2 aromatic carbocycles. The Morgan fingerprint density at radius 3 is 1.32 bits per heavy atom. The molecule has 0 radical (unpaired) electrons. The maximum Gasteiger partial charge on any atom is 0.102 e. The second kappa shape index (κ2) is 7.90. The summed E-state index contributed by atoms with van der Waals surface area (Å²) in [5.41, 5.74) is 3.12. The molecule has 3 rings (SSSR count). The SMILES string of the molecule is CC[P+]1(CC)CCC[P+](CC)(CC)c2ccccc2-c2ccccc21. The Morgan fingerprint density at radius 1 is 0.600 bits per heavy atom. The molecule has 25 heavy (non-hydrogen) atoms. The van der Waals surface area contributed by atoms with E-state index in [-0.39, 0.29) is 0 Å². The number of hydrogen-bond donors (Lipinski definition) is 0. The van der Waals surface area contributed by atoms with Crippen molar-refractivity contribution in [2.24, 2.45) is 0 Å². The van der Waals surface area contributed by atoms with E-state index in [0.717, 1.165) is 0 Å². The second-order valence-corrected chi connectivity index (χ2v) is 16.4. The maximum absolute atomic E-state index is 2.47. The van der Waals surface area contributed by atoms with E-state index in [1.807, 2.05) is 0 Å². The standard InChI is InChI=1S/C23H34P2/c1-5-24(6-2)18-13-19-25(7-3,8-4)23-17-12-10-15-21(23)20-14-9-11-16-22(20)24/h9-12,14-17H,5-8,13,18-19H2,1-4H3/q+2. The van der Waals surface area contributed by atoms with Crippen LogP contribution in [0.1, 0.15) is 34.1 Å². The van der Waals surface area contributed by atoms with Gasteiger partial charge in [0, 0.05) is 32.1 Å². The zero-order chi connectivity index (χ0) is 17.9. The van der Waals surface area contributed by atoms with Gasteiger partial charge in [0.1, 0.15) is 10.6 Å². The number of fused-ring (bicyclic) bond motifs is 3. The third kappa shape index (κ3) is 3.22. The van der Waals surface area contributed by atoms with Gasteiger partial charge in [-0.3, -0.25) is 0 Å². The molecule has 0 aliphatic carbocycles. The van der Waals surface area contributed by atoms with Gasteiger partial charge in [-0.2, -0.15) is 0 Å². The monoisotopic (exact) mass is 372 g/mol. The van der Waals surface area contributed by atoms with Gasteiger partial charge in [-0.25, -0.2) is 0 Å². The van der Waals surface area contributed by atoms with E-state index in [2.05, 4.69) is 76.2 Å². The van der Waals surface area contributed by atoms with Gasteiger partial charge in [0.2, 0.25) is 0 Å². The van der Waals surface area contributed by atoms with Gasteiger partial charge in [-0.05, 0) is 39.8 Å². The van der Waals surface area contributed by atoms with E-state index in [1.165, 1.54) is 43.4 Å². The lowest BCUT2D eigenvalue weighted by molar-refractivity contribution is 1.07. The number of benzene rings is 2. The molecule has 0 saturated carbocycles. The van der Waals surface area contributed by atoms with Crippen LogP contribution in [0.15, 0.2) is 48.5 Å². The smallest absolute Gasteiger partial charge is 0.0614 e. The van der Waals surface area contributed by atoms with Crippen molar-refractivity contribution in [2.45, 2.75) is 34.1 Å². The summed E-state index contributed by atoms with van der Waals surface area (Å²) >= 11 is 0. The summed E-state index contributed by atoms with van der Waals surface area (Å²) in [7, 11) is -2.11. The molecule has 0 fully saturated rings. The quantitative estimate of drug-likeness (QED) is 0.567. The Hall–Kier alpha value is -0.700. The van der Waals surface area contributed by atoms with E-state index in [1.54, 1.807) is 21.7 Å². The maximum atomic E-state index is 2.47. The topological polar surface area (TPSA) is 0 Å². The van der Waals surface area contributed by atoms with Crippen LogP contribution in [0, 0.1) is 0 Å². The molecule has 0 atom stereocenters. The van der Waals surface area contributed by atoms with Crippen molar-refractivity contribution < 1.29 is 0 Å². The van der Waals surface area contributed by atoms with Crippen molar-refractivity contribution in [3.8, 4) is 11.1 Å². The molecule has 2 heteroatoms. The molecule has 1 aliphatic heterocycles. The summed E-state index contributed by atoms with van der Waals surface area (Å²) in [6, 6.07) is 18.8. The molecule has 0 aromatic heterocycles. The van der Waals surface area contributed by atoms with Gasteiger partial charge in [0.05, 0.1) is 37.0 Å². The minimum Gasteiger partial charge on any atom is -0.0614 e. The molecule has 1 aliphatic rings. The fraction of sp³-hybridized carbons (Fsp3) is 0.478. The first-order chi connectivity index (χ1) is 12.2. The molecule has 0 nitrogen and oxygen atoms in total. The van der Waals surface area contributed by atoms with E-state index in [9.17, 15) is 0 Å². The number of hydrogen-bond acceptors (Lipinski definition) is 0.